The van der Waals surface area contributed by atoms with E-state index in [9.17, 15) is 0 Å². The van der Waals surface area contributed by atoms with E-state index in [1.807, 2.05) is 12.3 Å². The first-order valence-corrected chi connectivity index (χ1v) is 4.53. The lowest BCUT2D eigenvalue weighted by molar-refractivity contribution is 0.419. The zero-order valence-corrected chi connectivity index (χ0v) is 8.41. The van der Waals surface area contributed by atoms with E-state index in [-0.39, 0.29) is 6.04 Å². The number of nitrogens with one attached hydrogen (secondary N) is 1. The molecule has 0 aliphatic carbocycles. The highest BCUT2D eigenvalue weighted by Gasteiger charge is 2.15. The third kappa shape index (κ3) is 2.26. The van der Waals surface area contributed by atoms with Crippen LogP contribution in [0.25, 0.3) is 0 Å². The lowest BCUT2D eigenvalue weighted by atomic mass is 9.95. The Morgan fingerprint density at radius 1 is 1.46 bits per heavy atom. The molecule has 3 heteroatoms. The van der Waals surface area contributed by atoms with Gasteiger partial charge in [-0.1, -0.05) is 13.8 Å². The molecule has 0 aliphatic rings. The van der Waals surface area contributed by atoms with Gasteiger partial charge in [-0.05, 0) is 30.0 Å². The first-order chi connectivity index (χ1) is 6.16. The zero-order chi connectivity index (χ0) is 9.84. The van der Waals surface area contributed by atoms with Gasteiger partial charge < -0.3 is 0 Å². The zero-order valence-electron chi connectivity index (χ0n) is 8.41. The maximum Gasteiger partial charge on any atom is 0.0486 e. The molecule has 72 valence electrons. The first kappa shape index (κ1) is 10.2. The topological polar surface area (TPSA) is 50.9 Å². The Balaban J connectivity index is 2.97. The summed E-state index contributed by atoms with van der Waals surface area (Å²) in [6.45, 7) is 6.34. The number of aromatic nitrogens is 1. The summed E-state index contributed by atoms with van der Waals surface area (Å²) in [5.74, 6) is 5.98. The summed E-state index contributed by atoms with van der Waals surface area (Å²) in [6, 6.07) is 2.22. The van der Waals surface area contributed by atoms with Crippen molar-refractivity contribution in [3.8, 4) is 0 Å². The average Bonchev–Trinajstić information content (AvgIpc) is 2.09. The fraction of sp³-hybridized carbons (Fsp3) is 0.500. The highest BCUT2D eigenvalue weighted by molar-refractivity contribution is 5.25. The van der Waals surface area contributed by atoms with Crippen LogP contribution >= 0.6 is 0 Å². The normalized spacial score (nSPS) is 13.3. The molecule has 1 atom stereocenters. The Morgan fingerprint density at radius 3 is 2.62 bits per heavy atom. The monoisotopic (exact) mass is 179 g/mol. The Hall–Kier alpha value is -0.930. The van der Waals surface area contributed by atoms with Gasteiger partial charge >= 0.3 is 0 Å². The molecular formula is C10H17N3. The van der Waals surface area contributed by atoms with Crippen molar-refractivity contribution >= 4 is 0 Å². The highest BCUT2D eigenvalue weighted by Crippen LogP contribution is 2.22. The molecule has 0 saturated heterocycles. The molecule has 3 N–H and O–H groups in total. The summed E-state index contributed by atoms with van der Waals surface area (Å²) in [4.78, 5) is 4.05. The highest BCUT2D eigenvalue weighted by atomic mass is 15.2. The smallest absolute Gasteiger partial charge is 0.0486 e. The second kappa shape index (κ2) is 4.35. The Labute approximate surface area is 79.3 Å². The third-order valence-corrected chi connectivity index (χ3v) is 2.24. The maximum atomic E-state index is 5.50. The van der Waals surface area contributed by atoms with Crippen LogP contribution < -0.4 is 11.3 Å². The molecule has 1 aromatic rings. The molecule has 0 bridgehead atoms. The molecule has 0 spiro atoms. The van der Waals surface area contributed by atoms with Gasteiger partial charge in [0.2, 0.25) is 0 Å². The van der Waals surface area contributed by atoms with Gasteiger partial charge in [0.15, 0.2) is 0 Å². The van der Waals surface area contributed by atoms with Crippen molar-refractivity contribution in [3.63, 3.8) is 0 Å². The minimum Gasteiger partial charge on any atom is -0.271 e. The Kier molecular flexibility index (Phi) is 3.39. The van der Waals surface area contributed by atoms with Gasteiger partial charge in [-0.3, -0.25) is 16.3 Å². The van der Waals surface area contributed by atoms with Crippen LogP contribution in [0.2, 0.25) is 0 Å². The summed E-state index contributed by atoms with van der Waals surface area (Å²) in [6.07, 6.45) is 3.66. The largest absolute Gasteiger partial charge is 0.271 e. The first-order valence-electron chi connectivity index (χ1n) is 4.53. The molecule has 1 heterocycles. The fourth-order valence-corrected chi connectivity index (χ4v) is 1.47. The lowest BCUT2D eigenvalue weighted by Crippen LogP contribution is -2.32. The molecule has 0 aromatic carbocycles. The fourth-order valence-electron chi connectivity index (χ4n) is 1.47. The predicted octanol–water partition coefficient (Wildman–Crippen LogP) is 1.55. The van der Waals surface area contributed by atoms with E-state index >= 15 is 0 Å². The van der Waals surface area contributed by atoms with Crippen molar-refractivity contribution in [3.05, 3.63) is 29.6 Å². The van der Waals surface area contributed by atoms with Crippen LogP contribution in [-0.4, -0.2) is 4.98 Å². The number of rotatable bonds is 3. The van der Waals surface area contributed by atoms with Gasteiger partial charge in [0, 0.05) is 18.4 Å². The van der Waals surface area contributed by atoms with Crippen LogP contribution in [0.3, 0.4) is 0 Å². The van der Waals surface area contributed by atoms with Gasteiger partial charge in [-0.2, -0.15) is 0 Å². The lowest BCUT2D eigenvalue weighted by Gasteiger charge is -2.21. The van der Waals surface area contributed by atoms with Crippen molar-refractivity contribution in [1.82, 2.24) is 10.4 Å². The third-order valence-electron chi connectivity index (χ3n) is 2.24. The number of aryl methyl sites for hydroxylation is 1. The van der Waals surface area contributed by atoms with Crippen molar-refractivity contribution in [2.24, 2.45) is 11.8 Å². The Morgan fingerprint density at radius 2 is 2.15 bits per heavy atom. The van der Waals surface area contributed by atoms with Crippen LogP contribution in [0.5, 0.6) is 0 Å². The number of hydrogen-bond donors (Lipinski definition) is 2. The van der Waals surface area contributed by atoms with Crippen molar-refractivity contribution in [2.75, 3.05) is 0 Å². The molecule has 1 aromatic heterocycles. The van der Waals surface area contributed by atoms with E-state index in [4.69, 9.17) is 5.84 Å². The number of pyridine rings is 1. The van der Waals surface area contributed by atoms with E-state index < -0.39 is 0 Å². The quantitative estimate of drug-likeness (QED) is 0.546. The maximum absolute atomic E-state index is 5.50. The summed E-state index contributed by atoms with van der Waals surface area (Å²) in [5.41, 5.74) is 5.24. The minimum atomic E-state index is 0.211. The van der Waals surface area contributed by atoms with Crippen LogP contribution in [0.4, 0.5) is 0 Å². The van der Waals surface area contributed by atoms with Crippen molar-refractivity contribution < 1.29 is 0 Å². The second-order valence-electron chi connectivity index (χ2n) is 3.62. The summed E-state index contributed by atoms with van der Waals surface area (Å²) >= 11 is 0. The van der Waals surface area contributed by atoms with Crippen LogP contribution in [0.1, 0.15) is 31.0 Å². The second-order valence-corrected chi connectivity index (χ2v) is 3.62. The molecule has 1 rings (SSSR count). The molecule has 1 unspecified atom stereocenters. The predicted molar refractivity (Wildman–Crippen MR) is 53.9 cm³/mol. The number of hydrazine groups is 1. The van der Waals surface area contributed by atoms with Crippen LogP contribution in [0, 0.1) is 12.8 Å². The molecule has 13 heavy (non-hydrogen) atoms. The van der Waals surface area contributed by atoms with E-state index in [0.717, 1.165) is 0 Å². The molecule has 0 radical (unpaired) electrons. The van der Waals surface area contributed by atoms with Gasteiger partial charge in [-0.25, -0.2) is 0 Å². The number of hydrogen-bond acceptors (Lipinski definition) is 3. The molecular weight excluding hydrogens is 162 g/mol. The van der Waals surface area contributed by atoms with Gasteiger partial charge in [0.05, 0.1) is 0 Å². The van der Waals surface area contributed by atoms with Gasteiger partial charge in [-0.15, -0.1) is 0 Å². The van der Waals surface area contributed by atoms with E-state index in [0.29, 0.717) is 5.92 Å². The number of nitrogens with zero attached hydrogens (tertiary/aromatic N) is 1. The van der Waals surface area contributed by atoms with Gasteiger partial charge in [0.25, 0.3) is 0 Å². The van der Waals surface area contributed by atoms with Crippen LogP contribution in [-0.2, 0) is 0 Å². The summed E-state index contributed by atoms with van der Waals surface area (Å²) in [7, 11) is 0. The average molecular weight is 179 g/mol. The summed E-state index contributed by atoms with van der Waals surface area (Å²) in [5, 5.41) is 0. The molecule has 0 fully saturated rings. The molecule has 0 amide bonds. The molecule has 3 nitrogen and oxygen atoms in total. The van der Waals surface area contributed by atoms with E-state index in [2.05, 4.69) is 31.2 Å². The number of nitrogens with two attached hydrogens (primary N) is 1. The van der Waals surface area contributed by atoms with Crippen LogP contribution in [0.15, 0.2) is 18.5 Å². The van der Waals surface area contributed by atoms with E-state index in [1.165, 1.54) is 11.1 Å². The van der Waals surface area contributed by atoms with Gasteiger partial charge in [0.1, 0.15) is 0 Å². The summed E-state index contributed by atoms with van der Waals surface area (Å²) < 4.78 is 0. The van der Waals surface area contributed by atoms with Crippen molar-refractivity contribution in [2.45, 2.75) is 26.8 Å². The SMILES string of the molecule is Cc1cnccc1C(NN)C(C)C. The molecule has 0 aliphatic heterocycles. The minimum absolute atomic E-state index is 0.211. The standard InChI is InChI=1S/C10H17N3/c1-7(2)10(13-11)9-4-5-12-6-8(9)3/h4-7,10,13H,11H2,1-3H3. The van der Waals surface area contributed by atoms with Crippen molar-refractivity contribution in [1.29, 1.82) is 0 Å². The Bertz CT molecular complexity index is 271. The van der Waals surface area contributed by atoms with E-state index in [1.54, 1.807) is 6.20 Å². The molecule has 0 saturated carbocycles.